The highest BCUT2D eigenvalue weighted by molar-refractivity contribution is 5.72. The number of hydrogen-bond acceptors (Lipinski definition) is 2. The maximum absolute atomic E-state index is 11.5. The molecule has 0 saturated heterocycles. The van der Waals surface area contributed by atoms with Crippen molar-refractivity contribution >= 4 is 5.97 Å². The summed E-state index contributed by atoms with van der Waals surface area (Å²) >= 11 is 0. The summed E-state index contributed by atoms with van der Waals surface area (Å²) in [6.07, 6.45) is 10.3. The fourth-order valence-electron chi connectivity index (χ4n) is 4.96. The van der Waals surface area contributed by atoms with Gasteiger partial charge in [0.15, 0.2) is 0 Å². The van der Waals surface area contributed by atoms with E-state index in [2.05, 4.69) is 12.2 Å². The molecule has 3 heteroatoms. The van der Waals surface area contributed by atoms with Gasteiger partial charge in [0.1, 0.15) is 0 Å². The SMILES string of the molecule is CC(NC1C2CCC(C2)C1C(=O)O)C1CCCCC1. The quantitative estimate of drug-likeness (QED) is 0.821. The molecule has 3 rings (SSSR count). The summed E-state index contributed by atoms with van der Waals surface area (Å²) in [6.45, 7) is 2.28. The van der Waals surface area contributed by atoms with Crippen LogP contribution in [0.1, 0.15) is 58.3 Å². The summed E-state index contributed by atoms with van der Waals surface area (Å²) in [4.78, 5) is 11.5. The molecule has 0 amide bonds. The fraction of sp³-hybridized carbons (Fsp3) is 0.938. The maximum atomic E-state index is 11.5. The highest BCUT2D eigenvalue weighted by Gasteiger charge is 2.51. The molecule has 5 unspecified atom stereocenters. The number of rotatable bonds is 4. The first-order valence-corrected chi connectivity index (χ1v) is 8.15. The molecule has 3 nitrogen and oxygen atoms in total. The molecule has 3 aliphatic carbocycles. The van der Waals surface area contributed by atoms with Crippen LogP contribution in [0.25, 0.3) is 0 Å². The summed E-state index contributed by atoms with van der Waals surface area (Å²) in [6, 6.07) is 0.736. The topological polar surface area (TPSA) is 49.3 Å². The van der Waals surface area contributed by atoms with Crippen LogP contribution in [0.2, 0.25) is 0 Å². The van der Waals surface area contributed by atoms with E-state index in [9.17, 15) is 9.90 Å². The maximum Gasteiger partial charge on any atom is 0.308 e. The first kappa shape index (κ1) is 13.4. The van der Waals surface area contributed by atoms with Crippen molar-refractivity contribution in [2.24, 2.45) is 23.7 Å². The standard InChI is InChI=1S/C16H27NO2/c1-10(11-5-3-2-4-6-11)17-15-13-8-7-12(9-13)14(15)16(18)19/h10-15,17H,2-9H2,1H3,(H,18,19). The Labute approximate surface area is 116 Å². The zero-order valence-corrected chi connectivity index (χ0v) is 12.0. The molecule has 3 saturated carbocycles. The smallest absolute Gasteiger partial charge is 0.308 e. The van der Waals surface area contributed by atoms with Crippen LogP contribution in [0, 0.1) is 23.7 Å². The van der Waals surface area contributed by atoms with Crippen LogP contribution in [-0.4, -0.2) is 23.2 Å². The first-order chi connectivity index (χ1) is 9.16. The largest absolute Gasteiger partial charge is 0.481 e. The number of nitrogens with one attached hydrogen (secondary N) is 1. The minimum atomic E-state index is -0.569. The predicted octanol–water partition coefficient (Wildman–Crippen LogP) is 3.04. The van der Waals surface area contributed by atoms with E-state index >= 15 is 0 Å². The Morgan fingerprint density at radius 2 is 1.79 bits per heavy atom. The number of carboxylic acids is 1. The van der Waals surface area contributed by atoms with Crippen LogP contribution >= 0.6 is 0 Å². The van der Waals surface area contributed by atoms with Gasteiger partial charge in [0.05, 0.1) is 5.92 Å². The van der Waals surface area contributed by atoms with Crippen molar-refractivity contribution in [3.05, 3.63) is 0 Å². The van der Waals surface area contributed by atoms with Gasteiger partial charge in [-0.05, 0) is 56.8 Å². The van der Waals surface area contributed by atoms with E-state index in [-0.39, 0.29) is 12.0 Å². The lowest BCUT2D eigenvalue weighted by atomic mass is 9.81. The van der Waals surface area contributed by atoms with Crippen molar-refractivity contribution in [2.45, 2.75) is 70.4 Å². The highest BCUT2D eigenvalue weighted by atomic mass is 16.4. The highest BCUT2D eigenvalue weighted by Crippen LogP contribution is 2.49. The molecule has 108 valence electrons. The zero-order valence-electron chi connectivity index (χ0n) is 12.0. The third-order valence-corrected chi connectivity index (χ3v) is 6.01. The summed E-state index contributed by atoms with van der Waals surface area (Å²) in [5.41, 5.74) is 0. The molecular formula is C16H27NO2. The molecule has 0 radical (unpaired) electrons. The predicted molar refractivity (Wildman–Crippen MR) is 74.9 cm³/mol. The van der Waals surface area contributed by atoms with Crippen molar-refractivity contribution in [3.63, 3.8) is 0 Å². The lowest BCUT2D eigenvalue weighted by Gasteiger charge is -2.36. The van der Waals surface area contributed by atoms with Gasteiger partial charge >= 0.3 is 5.97 Å². The second-order valence-corrected chi connectivity index (χ2v) is 7.08. The van der Waals surface area contributed by atoms with Crippen LogP contribution in [0.4, 0.5) is 0 Å². The molecule has 0 heterocycles. The molecule has 2 N–H and O–H groups in total. The third-order valence-electron chi connectivity index (χ3n) is 6.01. The van der Waals surface area contributed by atoms with Gasteiger partial charge in [-0.15, -0.1) is 0 Å². The lowest BCUT2D eigenvalue weighted by molar-refractivity contribution is -0.144. The Morgan fingerprint density at radius 3 is 2.47 bits per heavy atom. The van der Waals surface area contributed by atoms with Gasteiger partial charge in [-0.25, -0.2) is 0 Å². The summed E-state index contributed by atoms with van der Waals surface area (Å²) in [5, 5.41) is 13.2. The normalized spacial score (nSPS) is 40.5. The van der Waals surface area contributed by atoms with Crippen molar-refractivity contribution in [1.29, 1.82) is 0 Å². The summed E-state index contributed by atoms with van der Waals surface area (Å²) in [7, 11) is 0. The molecule has 0 aromatic rings. The third kappa shape index (κ3) is 2.54. The lowest BCUT2D eigenvalue weighted by Crippen LogP contribution is -2.50. The second kappa shape index (κ2) is 5.43. The van der Waals surface area contributed by atoms with E-state index in [4.69, 9.17) is 0 Å². The van der Waals surface area contributed by atoms with Gasteiger partial charge in [-0.1, -0.05) is 19.3 Å². The number of aliphatic carboxylic acids is 1. The van der Waals surface area contributed by atoms with Crippen LogP contribution in [0.5, 0.6) is 0 Å². The average molecular weight is 265 g/mol. The zero-order chi connectivity index (χ0) is 13.4. The molecule has 0 spiro atoms. The molecule has 0 aromatic heterocycles. The molecule has 0 aliphatic heterocycles. The van der Waals surface area contributed by atoms with Gasteiger partial charge in [0, 0.05) is 12.1 Å². The van der Waals surface area contributed by atoms with Crippen molar-refractivity contribution < 1.29 is 9.90 Å². The van der Waals surface area contributed by atoms with E-state index in [1.165, 1.54) is 38.5 Å². The number of carbonyl (C=O) groups is 1. The second-order valence-electron chi connectivity index (χ2n) is 7.08. The average Bonchev–Trinajstić information content (AvgIpc) is 3.00. The molecular weight excluding hydrogens is 238 g/mol. The Kier molecular flexibility index (Phi) is 3.84. The number of hydrogen-bond donors (Lipinski definition) is 2. The van der Waals surface area contributed by atoms with Gasteiger partial charge in [-0.3, -0.25) is 4.79 Å². The van der Waals surface area contributed by atoms with Crippen molar-refractivity contribution in [3.8, 4) is 0 Å². The summed E-state index contributed by atoms with van der Waals surface area (Å²) < 4.78 is 0. The molecule has 3 aliphatic rings. The van der Waals surface area contributed by atoms with E-state index < -0.39 is 5.97 Å². The Hall–Kier alpha value is -0.570. The molecule has 5 atom stereocenters. The minimum absolute atomic E-state index is 0.121. The van der Waals surface area contributed by atoms with E-state index in [1.54, 1.807) is 0 Å². The Bertz CT molecular complexity index is 338. The molecule has 0 aromatic carbocycles. The van der Waals surface area contributed by atoms with Crippen LogP contribution in [-0.2, 0) is 4.79 Å². The Morgan fingerprint density at radius 1 is 1.11 bits per heavy atom. The van der Waals surface area contributed by atoms with Crippen LogP contribution < -0.4 is 5.32 Å². The monoisotopic (exact) mass is 265 g/mol. The van der Waals surface area contributed by atoms with Crippen molar-refractivity contribution in [1.82, 2.24) is 5.32 Å². The van der Waals surface area contributed by atoms with Gasteiger partial charge in [0.25, 0.3) is 0 Å². The minimum Gasteiger partial charge on any atom is -0.481 e. The van der Waals surface area contributed by atoms with Gasteiger partial charge < -0.3 is 10.4 Å². The van der Waals surface area contributed by atoms with E-state index in [1.807, 2.05) is 0 Å². The van der Waals surface area contributed by atoms with E-state index in [0.717, 1.165) is 18.8 Å². The van der Waals surface area contributed by atoms with E-state index in [0.29, 0.717) is 17.9 Å². The summed E-state index contributed by atoms with van der Waals surface area (Å²) in [5.74, 6) is 1.14. The first-order valence-electron chi connectivity index (χ1n) is 8.15. The van der Waals surface area contributed by atoms with Gasteiger partial charge in [0.2, 0.25) is 0 Å². The number of carboxylic acid groups (broad SMARTS) is 1. The number of fused-ring (bicyclic) bond motifs is 2. The van der Waals surface area contributed by atoms with Crippen LogP contribution in [0.15, 0.2) is 0 Å². The molecule has 3 fully saturated rings. The molecule has 19 heavy (non-hydrogen) atoms. The molecule has 2 bridgehead atoms. The van der Waals surface area contributed by atoms with Gasteiger partial charge in [-0.2, -0.15) is 0 Å². The fourth-order valence-corrected chi connectivity index (χ4v) is 4.96. The van der Waals surface area contributed by atoms with Crippen LogP contribution in [0.3, 0.4) is 0 Å². The Balaban J connectivity index is 1.63. The van der Waals surface area contributed by atoms with Crippen molar-refractivity contribution in [2.75, 3.05) is 0 Å².